The molecule has 8 heteroatoms. The van der Waals surface area contributed by atoms with Crippen LogP contribution in [0.3, 0.4) is 0 Å². The second-order valence-electron chi connectivity index (χ2n) is 6.53. The number of carbonyl (C=O) groups is 3. The van der Waals surface area contributed by atoms with Gasteiger partial charge in [0.25, 0.3) is 11.8 Å². The van der Waals surface area contributed by atoms with Crippen LogP contribution in [0.1, 0.15) is 38.8 Å². The molecule has 144 valence electrons. The number of carbonyl (C=O) groups excluding carboxylic acids is 3. The standard InChI is InChI=1S/C18H26ClN3O4/c1-9(2)15(20-13(6)23)18(25)22-21-17(24)12(5)26-16-10(3)7-14(19)8-11(16)4/h7-9,12,15H,1-6H3,(H,20,23)(H,21,24)(H,22,25)/t12-,15-/m1/s1. The van der Waals surface area contributed by atoms with E-state index in [-0.39, 0.29) is 11.8 Å². The quantitative estimate of drug-likeness (QED) is 0.655. The van der Waals surface area contributed by atoms with E-state index in [2.05, 4.69) is 16.2 Å². The molecule has 26 heavy (non-hydrogen) atoms. The zero-order valence-corrected chi connectivity index (χ0v) is 16.7. The van der Waals surface area contributed by atoms with Crippen LogP contribution >= 0.6 is 11.6 Å². The number of aryl methyl sites for hydroxylation is 2. The van der Waals surface area contributed by atoms with Crippen molar-refractivity contribution in [2.75, 3.05) is 0 Å². The van der Waals surface area contributed by atoms with E-state index in [0.717, 1.165) is 11.1 Å². The molecular formula is C18H26ClN3O4. The van der Waals surface area contributed by atoms with Crippen LogP contribution in [-0.2, 0) is 14.4 Å². The SMILES string of the molecule is CC(=O)N[C@@H](C(=O)NNC(=O)[C@@H](C)Oc1c(C)cc(Cl)cc1C)C(C)C. The van der Waals surface area contributed by atoms with Crippen molar-refractivity contribution in [1.29, 1.82) is 0 Å². The first kappa shape index (κ1) is 21.8. The number of rotatable bonds is 6. The summed E-state index contributed by atoms with van der Waals surface area (Å²) in [6.45, 7) is 10.2. The Balaban J connectivity index is 2.67. The summed E-state index contributed by atoms with van der Waals surface area (Å²) in [6, 6.07) is 2.75. The first-order valence-electron chi connectivity index (χ1n) is 8.33. The Kier molecular flexibility index (Phi) is 7.89. The van der Waals surface area contributed by atoms with E-state index < -0.39 is 24.0 Å². The van der Waals surface area contributed by atoms with Gasteiger partial charge in [0, 0.05) is 11.9 Å². The largest absolute Gasteiger partial charge is 0.480 e. The molecule has 0 spiro atoms. The molecule has 1 rings (SSSR count). The van der Waals surface area contributed by atoms with Gasteiger partial charge in [-0.3, -0.25) is 25.2 Å². The average molecular weight is 384 g/mol. The van der Waals surface area contributed by atoms with Crippen LogP contribution in [-0.4, -0.2) is 29.9 Å². The fraction of sp³-hybridized carbons (Fsp3) is 0.500. The minimum Gasteiger partial charge on any atom is -0.480 e. The van der Waals surface area contributed by atoms with E-state index in [0.29, 0.717) is 10.8 Å². The summed E-state index contributed by atoms with van der Waals surface area (Å²) in [4.78, 5) is 35.5. The van der Waals surface area contributed by atoms with Crippen molar-refractivity contribution in [2.24, 2.45) is 5.92 Å². The van der Waals surface area contributed by atoms with Crippen LogP contribution in [0.15, 0.2) is 12.1 Å². The van der Waals surface area contributed by atoms with Gasteiger partial charge in [0.2, 0.25) is 5.91 Å². The van der Waals surface area contributed by atoms with Crippen LogP contribution < -0.4 is 20.9 Å². The maximum absolute atomic E-state index is 12.2. The molecule has 0 saturated carbocycles. The van der Waals surface area contributed by atoms with E-state index in [1.807, 2.05) is 13.8 Å². The number of hydrazine groups is 1. The van der Waals surface area contributed by atoms with Gasteiger partial charge in [-0.2, -0.15) is 0 Å². The third-order valence-corrected chi connectivity index (χ3v) is 3.92. The summed E-state index contributed by atoms with van der Waals surface area (Å²) in [5, 5.41) is 3.14. The van der Waals surface area contributed by atoms with Gasteiger partial charge in [-0.1, -0.05) is 25.4 Å². The third-order valence-electron chi connectivity index (χ3n) is 3.71. The monoisotopic (exact) mass is 383 g/mol. The predicted molar refractivity (Wildman–Crippen MR) is 99.7 cm³/mol. The zero-order chi connectivity index (χ0) is 20.0. The maximum Gasteiger partial charge on any atom is 0.279 e. The molecule has 0 fully saturated rings. The van der Waals surface area contributed by atoms with Gasteiger partial charge in [0.05, 0.1) is 0 Å². The minimum absolute atomic E-state index is 0.135. The van der Waals surface area contributed by atoms with Gasteiger partial charge in [-0.15, -0.1) is 0 Å². The van der Waals surface area contributed by atoms with Crippen molar-refractivity contribution in [2.45, 2.75) is 53.7 Å². The Hall–Kier alpha value is -2.28. The van der Waals surface area contributed by atoms with Crippen molar-refractivity contribution >= 4 is 29.3 Å². The molecule has 0 bridgehead atoms. The summed E-state index contributed by atoms with van der Waals surface area (Å²) >= 11 is 5.98. The molecule has 0 aliphatic carbocycles. The lowest BCUT2D eigenvalue weighted by molar-refractivity contribution is -0.135. The first-order chi connectivity index (χ1) is 12.0. The van der Waals surface area contributed by atoms with Crippen molar-refractivity contribution in [3.05, 3.63) is 28.3 Å². The highest BCUT2D eigenvalue weighted by molar-refractivity contribution is 6.30. The number of nitrogens with one attached hydrogen (secondary N) is 3. The summed E-state index contributed by atoms with van der Waals surface area (Å²) in [5.41, 5.74) is 6.26. The van der Waals surface area contributed by atoms with E-state index in [9.17, 15) is 14.4 Å². The summed E-state index contributed by atoms with van der Waals surface area (Å²) in [7, 11) is 0. The van der Waals surface area contributed by atoms with Crippen molar-refractivity contribution in [3.8, 4) is 5.75 Å². The van der Waals surface area contributed by atoms with Gasteiger partial charge >= 0.3 is 0 Å². The van der Waals surface area contributed by atoms with Crippen LogP contribution in [0.25, 0.3) is 0 Å². The van der Waals surface area contributed by atoms with Gasteiger partial charge < -0.3 is 10.1 Å². The Morgan fingerprint density at radius 2 is 1.50 bits per heavy atom. The van der Waals surface area contributed by atoms with Gasteiger partial charge in [-0.25, -0.2) is 0 Å². The molecule has 7 nitrogen and oxygen atoms in total. The highest BCUT2D eigenvalue weighted by atomic mass is 35.5. The fourth-order valence-electron chi connectivity index (χ4n) is 2.37. The van der Waals surface area contributed by atoms with Crippen molar-refractivity contribution in [3.63, 3.8) is 0 Å². The Labute approximate surface area is 158 Å². The van der Waals surface area contributed by atoms with Crippen LogP contribution in [0, 0.1) is 19.8 Å². The molecule has 1 aromatic rings. The Morgan fingerprint density at radius 3 is 1.96 bits per heavy atom. The van der Waals surface area contributed by atoms with Gasteiger partial charge in [0.1, 0.15) is 11.8 Å². The maximum atomic E-state index is 12.2. The van der Waals surface area contributed by atoms with Gasteiger partial charge in [-0.05, 0) is 49.9 Å². The number of halogens is 1. The molecule has 0 aromatic heterocycles. The molecule has 0 unspecified atom stereocenters. The summed E-state index contributed by atoms with van der Waals surface area (Å²) in [5.74, 6) is -0.909. The number of hydrogen-bond acceptors (Lipinski definition) is 4. The van der Waals surface area contributed by atoms with Crippen LogP contribution in [0.5, 0.6) is 5.75 Å². The molecule has 1 aromatic carbocycles. The third kappa shape index (κ3) is 6.22. The van der Waals surface area contributed by atoms with Crippen molar-refractivity contribution < 1.29 is 19.1 Å². The Morgan fingerprint density at radius 1 is 1.00 bits per heavy atom. The van der Waals surface area contributed by atoms with Crippen LogP contribution in [0.2, 0.25) is 5.02 Å². The molecule has 3 N–H and O–H groups in total. The second kappa shape index (κ2) is 9.43. The molecular weight excluding hydrogens is 358 g/mol. The average Bonchev–Trinajstić information content (AvgIpc) is 2.52. The molecule has 0 aliphatic heterocycles. The molecule has 0 saturated heterocycles. The highest BCUT2D eigenvalue weighted by Crippen LogP contribution is 2.27. The van der Waals surface area contributed by atoms with Crippen LogP contribution in [0.4, 0.5) is 0 Å². The molecule has 2 atom stereocenters. The minimum atomic E-state index is -0.841. The number of ether oxygens (including phenoxy) is 1. The summed E-state index contributed by atoms with van der Waals surface area (Å²) < 4.78 is 5.71. The number of amides is 3. The Bertz CT molecular complexity index is 668. The highest BCUT2D eigenvalue weighted by Gasteiger charge is 2.24. The molecule has 3 amide bonds. The van der Waals surface area contributed by atoms with E-state index in [1.165, 1.54) is 6.92 Å². The normalized spacial score (nSPS) is 12.9. The van der Waals surface area contributed by atoms with Gasteiger partial charge in [0.15, 0.2) is 6.10 Å². The fourth-order valence-corrected chi connectivity index (χ4v) is 2.70. The van der Waals surface area contributed by atoms with E-state index in [4.69, 9.17) is 16.3 Å². The second-order valence-corrected chi connectivity index (χ2v) is 6.97. The smallest absolute Gasteiger partial charge is 0.279 e. The number of hydrogen-bond donors (Lipinski definition) is 3. The molecule has 0 heterocycles. The predicted octanol–water partition coefficient (Wildman–Crippen LogP) is 2.03. The lowest BCUT2D eigenvalue weighted by Gasteiger charge is -2.22. The topological polar surface area (TPSA) is 96.5 Å². The molecule has 0 radical (unpaired) electrons. The van der Waals surface area contributed by atoms with E-state index >= 15 is 0 Å². The zero-order valence-electron chi connectivity index (χ0n) is 15.9. The lowest BCUT2D eigenvalue weighted by Crippen LogP contribution is -2.55. The summed E-state index contributed by atoms with van der Waals surface area (Å²) in [6.07, 6.45) is -0.841. The molecule has 0 aliphatic rings. The lowest BCUT2D eigenvalue weighted by atomic mass is 10.0. The van der Waals surface area contributed by atoms with Crippen molar-refractivity contribution in [1.82, 2.24) is 16.2 Å². The van der Waals surface area contributed by atoms with E-state index in [1.54, 1.807) is 32.9 Å². The number of benzene rings is 1. The first-order valence-corrected chi connectivity index (χ1v) is 8.71.